The molecule has 0 amide bonds. The van der Waals surface area contributed by atoms with Gasteiger partial charge in [0, 0.05) is 25.0 Å². The second-order valence-corrected chi connectivity index (χ2v) is 5.48. The van der Waals surface area contributed by atoms with Crippen LogP contribution in [0.5, 0.6) is 0 Å². The molecule has 0 aliphatic heterocycles. The van der Waals surface area contributed by atoms with Crippen LogP contribution >= 0.6 is 11.6 Å². The first kappa shape index (κ1) is 14.5. The summed E-state index contributed by atoms with van der Waals surface area (Å²) >= 11 is 6.05. The third-order valence-electron chi connectivity index (χ3n) is 2.92. The molecule has 0 fully saturated rings. The zero-order valence-electron chi connectivity index (χ0n) is 11.0. The van der Waals surface area contributed by atoms with Crippen LogP contribution in [-0.4, -0.2) is 11.0 Å². The molecule has 0 aliphatic carbocycles. The first-order chi connectivity index (χ1) is 8.09. The van der Waals surface area contributed by atoms with Gasteiger partial charge in [0.2, 0.25) is 0 Å². The largest absolute Gasteiger partial charge is 0.310 e. The molecule has 17 heavy (non-hydrogen) atoms. The fraction of sp³-hybridized carbons (Fsp3) is 0.643. The van der Waals surface area contributed by atoms with Gasteiger partial charge in [-0.2, -0.15) is 0 Å². The Balaban J connectivity index is 2.24. The molecule has 1 rings (SSSR count). The number of nitrogens with zero attached hydrogens (tertiary/aromatic N) is 1. The van der Waals surface area contributed by atoms with Gasteiger partial charge in [0.1, 0.15) is 0 Å². The molecule has 96 valence electrons. The zero-order valence-corrected chi connectivity index (χ0v) is 11.8. The van der Waals surface area contributed by atoms with Crippen molar-refractivity contribution in [1.29, 1.82) is 0 Å². The molecule has 0 bridgehead atoms. The van der Waals surface area contributed by atoms with E-state index >= 15 is 0 Å². The molecule has 0 saturated carbocycles. The molecule has 3 heteroatoms. The molecular formula is C14H23ClN2. The Morgan fingerprint density at radius 2 is 2.06 bits per heavy atom. The van der Waals surface area contributed by atoms with E-state index in [4.69, 9.17) is 11.6 Å². The molecule has 1 N–H and O–H groups in total. The Morgan fingerprint density at radius 3 is 2.71 bits per heavy atom. The Labute approximate surface area is 110 Å². The van der Waals surface area contributed by atoms with E-state index in [-0.39, 0.29) is 0 Å². The van der Waals surface area contributed by atoms with Gasteiger partial charge in [-0.05, 0) is 30.9 Å². The minimum absolute atomic E-state index is 0.540. The van der Waals surface area contributed by atoms with Crippen molar-refractivity contribution < 1.29 is 0 Å². The number of nitrogens with one attached hydrogen (secondary N) is 1. The summed E-state index contributed by atoms with van der Waals surface area (Å²) in [7, 11) is 0. The maximum atomic E-state index is 6.05. The van der Waals surface area contributed by atoms with Gasteiger partial charge in [-0.3, -0.25) is 4.98 Å². The van der Waals surface area contributed by atoms with Crippen molar-refractivity contribution in [3.8, 4) is 0 Å². The summed E-state index contributed by atoms with van der Waals surface area (Å²) in [4.78, 5) is 3.98. The Hall–Kier alpha value is -0.600. The third-order valence-corrected chi connectivity index (χ3v) is 3.26. The van der Waals surface area contributed by atoms with E-state index in [1.165, 1.54) is 19.3 Å². The molecule has 1 unspecified atom stereocenters. The van der Waals surface area contributed by atoms with Crippen LogP contribution in [-0.2, 0) is 6.54 Å². The molecule has 1 atom stereocenters. The van der Waals surface area contributed by atoms with Gasteiger partial charge in [0.25, 0.3) is 0 Å². The van der Waals surface area contributed by atoms with Crippen molar-refractivity contribution in [3.63, 3.8) is 0 Å². The van der Waals surface area contributed by atoms with Crippen LogP contribution in [0.1, 0.15) is 45.6 Å². The molecular weight excluding hydrogens is 232 g/mol. The lowest BCUT2D eigenvalue weighted by molar-refractivity contribution is 0.457. The van der Waals surface area contributed by atoms with Crippen LogP contribution in [0.15, 0.2) is 18.5 Å². The number of aromatic nitrogens is 1. The first-order valence-corrected chi connectivity index (χ1v) is 6.79. The van der Waals surface area contributed by atoms with Crippen LogP contribution in [0.25, 0.3) is 0 Å². The lowest BCUT2D eigenvalue weighted by atomic mass is 10.0. The number of hydrogen-bond donors (Lipinski definition) is 1. The second kappa shape index (κ2) is 7.67. The van der Waals surface area contributed by atoms with Crippen molar-refractivity contribution in [3.05, 3.63) is 29.0 Å². The van der Waals surface area contributed by atoms with E-state index in [2.05, 4.69) is 31.1 Å². The fourth-order valence-corrected chi connectivity index (χ4v) is 1.95. The van der Waals surface area contributed by atoms with Crippen molar-refractivity contribution in [2.75, 3.05) is 0 Å². The average Bonchev–Trinajstić information content (AvgIpc) is 2.27. The van der Waals surface area contributed by atoms with Crippen molar-refractivity contribution in [1.82, 2.24) is 10.3 Å². The highest BCUT2D eigenvalue weighted by Crippen LogP contribution is 2.14. The predicted molar refractivity (Wildman–Crippen MR) is 74.2 cm³/mol. The van der Waals surface area contributed by atoms with Gasteiger partial charge in [-0.1, -0.05) is 38.3 Å². The fourth-order valence-electron chi connectivity index (χ4n) is 1.77. The van der Waals surface area contributed by atoms with Gasteiger partial charge in [-0.15, -0.1) is 0 Å². The lowest BCUT2D eigenvalue weighted by Gasteiger charge is -2.14. The average molecular weight is 255 g/mol. The zero-order chi connectivity index (χ0) is 12.7. The quantitative estimate of drug-likeness (QED) is 0.794. The van der Waals surface area contributed by atoms with E-state index < -0.39 is 0 Å². The summed E-state index contributed by atoms with van der Waals surface area (Å²) in [6.07, 6.45) is 7.30. The number of hydrogen-bond acceptors (Lipinski definition) is 2. The van der Waals surface area contributed by atoms with Crippen LogP contribution in [0, 0.1) is 5.92 Å². The minimum atomic E-state index is 0.540. The van der Waals surface area contributed by atoms with Crippen LogP contribution in [0.4, 0.5) is 0 Å². The summed E-state index contributed by atoms with van der Waals surface area (Å²) in [5.74, 6) is 0.803. The lowest BCUT2D eigenvalue weighted by Crippen LogP contribution is -2.25. The highest BCUT2D eigenvalue weighted by molar-refractivity contribution is 6.31. The van der Waals surface area contributed by atoms with Gasteiger partial charge in [0.05, 0.1) is 5.02 Å². The predicted octanol–water partition coefficient (Wildman–Crippen LogP) is 4.04. The summed E-state index contributed by atoms with van der Waals surface area (Å²) in [6.45, 7) is 7.60. The molecule has 1 heterocycles. The monoisotopic (exact) mass is 254 g/mol. The molecule has 0 aromatic carbocycles. The standard InChI is InChI=1S/C14H23ClN2/c1-11(2)5-4-6-12(3)17-9-13-7-8-16-10-14(13)15/h7-8,10-12,17H,4-6,9H2,1-3H3. The summed E-state index contributed by atoms with van der Waals surface area (Å²) in [5.41, 5.74) is 1.12. The van der Waals surface area contributed by atoms with Crippen molar-refractivity contribution >= 4 is 11.6 Å². The highest BCUT2D eigenvalue weighted by atomic mass is 35.5. The molecule has 0 aliphatic rings. The Bertz CT molecular complexity index is 326. The van der Waals surface area contributed by atoms with E-state index in [1.807, 2.05) is 6.07 Å². The molecule has 0 saturated heterocycles. The van der Waals surface area contributed by atoms with E-state index in [0.29, 0.717) is 6.04 Å². The van der Waals surface area contributed by atoms with Crippen LogP contribution in [0.2, 0.25) is 5.02 Å². The molecule has 1 aromatic heterocycles. The van der Waals surface area contributed by atoms with Gasteiger partial charge in [-0.25, -0.2) is 0 Å². The SMILES string of the molecule is CC(C)CCCC(C)NCc1ccncc1Cl. The van der Waals surface area contributed by atoms with Gasteiger partial charge in [0.15, 0.2) is 0 Å². The van der Waals surface area contributed by atoms with Gasteiger partial charge >= 0.3 is 0 Å². The normalized spacial score (nSPS) is 13.0. The maximum Gasteiger partial charge on any atom is 0.0634 e. The second-order valence-electron chi connectivity index (χ2n) is 5.07. The minimum Gasteiger partial charge on any atom is -0.310 e. The van der Waals surface area contributed by atoms with E-state index in [1.54, 1.807) is 12.4 Å². The molecule has 1 aromatic rings. The number of rotatable bonds is 7. The van der Waals surface area contributed by atoms with Crippen molar-refractivity contribution in [2.45, 2.75) is 52.6 Å². The van der Waals surface area contributed by atoms with Crippen LogP contribution < -0.4 is 5.32 Å². The third kappa shape index (κ3) is 6.04. The molecule has 0 radical (unpaired) electrons. The Kier molecular flexibility index (Phi) is 6.53. The highest BCUT2D eigenvalue weighted by Gasteiger charge is 2.04. The number of pyridine rings is 1. The number of halogens is 1. The van der Waals surface area contributed by atoms with Crippen molar-refractivity contribution in [2.24, 2.45) is 5.92 Å². The summed E-state index contributed by atoms with van der Waals surface area (Å²) < 4.78 is 0. The van der Waals surface area contributed by atoms with E-state index in [0.717, 1.165) is 23.0 Å². The van der Waals surface area contributed by atoms with Crippen LogP contribution in [0.3, 0.4) is 0 Å². The molecule has 2 nitrogen and oxygen atoms in total. The smallest absolute Gasteiger partial charge is 0.0634 e. The molecule has 0 spiro atoms. The topological polar surface area (TPSA) is 24.9 Å². The summed E-state index contributed by atoms with van der Waals surface area (Å²) in [5, 5.41) is 4.25. The maximum absolute atomic E-state index is 6.05. The first-order valence-electron chi connectivity index (χ1n) is 6.41. The van der Waals surface area contributed by atoms with Gasteiger partial charge < -0.3 is 5.32 Å². The Morgan fingerprint density at radius 1 is 1.29 bits per heavy atom. The van der Waals surface area contributed by atoms with E-state index in [9.17, 15) is 0 Å². The summed E-state index contributed by atoms with van der Waals surface area (Å²) in [6, 6.07) is 2.51.